The molecule has 0 spiro atoms. The molecule has 2 aliphatic heterocycles. The van der Waals surface area contributed by atoms with Gasteiger partial charge in [-0.1, -0.05) is 6.92 Å². The van der Waals surface area contributed by atoms with Gasteiger partial charge in [-0.3, -0.25) is 4.99 Å². The minimum atomic E-state index is -3.18. The summed E-state index contributed by atoms with van der Waals surface area (Å²) in [6.45, 7) is 8.63. The lowest BCUT2D eigenvalue weighted by Crippen LogP contribution is -2.48. The summed E-state index contributed by atoms with van der Waals surface area (Å²) < 4.78 is 26.4. The molecule has 1 N–H and O–H groups in total. The number of hydrogen-bond acceptors (Lipinski definition) is 5. The van der Waals surface area contributed by atoms with Crippen LogP contribution in [0.1, 0.15) is 20.3 Å². The van der Waals surface area contributed by atoms with Crippen molar-refractivity contribution in [2.45, 2.75) is 25.5 Å². The van der Waals surface area contributed by atoms with Gasteiger partial charge in [0.05, 0.1) is 12.3 Å². The molecule has 2 aliphatic rings. The zero-order valence-corrected chi connectivity index (χ0v) is 19.9. The third-order valence-corrected chi connectivity index (χ3v) is 8.37. The molecule has 2 saturated heterocycles. The Labute approximate surface area is 178 Å². The van der Waals surface area contributed by atoms with Gasteiger partial charge in [0.1, 0.15) is 0 Å². The SMILES string of the molecule is CCNC(=NCCS(=O)(=O)N1CCSCC1)N1CCSC(CC)C1.I. The minimum absolute atomic E-state index is 0. The molecule has 25 heavy (non-hydrogen) atoms. The molecule has 0 aromatic carbocycles. The number of halogens is 1. The zero-order chi connectivity index (χ0) is 17.4. The maximum atomic E-state index is 12.4. The van der Waals surface area contributed by atoms with Crippen LogP contribution in [-0.4, -0.2) is 91.1 Å². The van der Waals surface area contributed by atoms with Crippen LogP contribution in [0.4, 0.5) is 0 Å². The quantitative estimate of drug-likeness (QED) is 0.326. The lowest BCUT2D eigenvalue weighted by Gasteiger charge is -2.34. The predicted molar refractivity (Wildman–Crippen MR) is 122 cm³/mol. The van der Waals surface area contributed by atoms with Crippen LogP contribution >= 0.6 is 47.5 Å². The van der Waals surface area contributed by atoms with Gasteiger partial charge in [-0.25, -0.2) is 12.7 Å². The lowest BCUT2D eigenvalue weighted by atomic mass is 10.3. The van der Waals surface area contributed by atoms with Crippen LogP contribution in [0.15, 0.2) is 4.99 Å². The van der Waals surface area contributed by atoms with Gasteiger partial charge >= 0.3 is 0 Å². The van der Waals surface area contributed by atoms with Crippen molar-refractivity contribution in [3.05, 3.63) is 0 Å². The second kappa shape index (κ2) is 12.1. The van der Waals surface area contributed by atoms with Crippen LogP contribution in [0, 0.1) is 0 Å². The van der Waals surface area contributed by atoms with Crippen molar-refractivity contribution in [1.82, 2.24) is 14.5 Å². The number of nitrogens with one attached hydrogen (secondary N) is 1. The van der Waals surface area contributed by atoms with Crippen molar-refractivity contribution in [2.75, 3.05) is 62.3 Å². The molecule has 0 saturated carbocycles. The first-order chi connectivity index (χ1) is 11.6. The monoisotopic (exact) mass is 522 g/mol. The van der Waals surface area contributed by atoms with Crippen LogP contribution in [0.5, 0.6) is 0 Å². The smallest absolute Gasteiger partial charge is 0.215 e. The van der Waals surface area contributed by atoms with Gasteiger partial charge in [-0.15, -0.1) is 24.0 Å². The van der Waals surface area contributed by atoms with E-state index in [1.54, 1.807) is 4.31 Å². The maximum absolute atomic E-state index is 12.4. The highest BCUT2D eigenvalue weighted by Crippen LogP contribution is 2.21. The Bertz CT molecular complexity index is 513. The fraction of sp³-hybridized carbons (Fsp3) is 0.933. The van der Waals surface area contributed by atoms with Crippen molar-refractivity contribution in [2.24, 2.45) is 4.99 Å². The average molecular weight is 523 g/mol. The molecule has 0 bridgehead atoms. The third-order valence-electron chi connectivity index (χ3n) is 4.20. The van der Waals surface area contributed by atoms with Crippen molar-refractivity contribution in [1.29, 1.82) is 0 Å². The molecule has 1 unspecified atom stereocenters. The number of rotatable bonds is 6. The third kappa shape index (κ3) is 7.63. The molecule has 10 heteroatoms. The summed E-state index contributed by atoms with van der Waals surface area (Å²) in [5, 5.41) is 3.95. The standard InChI is InChI=1S/C15H30N4O2S3.HI/c1-3-14-13-18(6-11-23-14)15(16-4-2)17-5-12-24(20,21)19-7-9-22-10-8-19;/h14H,3-13H2,1-2H3,(H,16,17);1H. The van der Waals surface area contributed by atoms with Crippen LogP contribution in [0.2, 0.25) is 0 Å². The fourth-order valence-corrected chi connectivity index (χ4v) is 6.44. The molecule has 0 amide bonds. The lowest BCUT2D eigenvalue weighted by molar-refractivity contribution is 0.408. The van der Waals surface area contributed by atoms with E-state index in [0.29, 0.717) is 24.9 Å². The fourth-order valence-electron chi connectivity index (χ4n) is 2.81. The number of guanidine groups is 1. The Balaban J connectivity index is 0.00000312. The average Bonchev–Trinajstić information content (AvgIpc) is 2.61. The molecule has 2 heterocycles. The highest BCUT2D eigenvalue weighted by atomic mass is 127. The predicted octanol–water partition coefficient (Wildman–Crippen LogP) is 1.78. The Morgan fingerprint density at radius 1 is 1.20 bits per heavy atom. The van der Waals surface area contributed by atoms with Crippen molar-refractivity contribution >= 4 is 63.5 Å². The van der Waals surface area contributed by atoms with E-state index in [2.05, 4.69) is 22.1 Å². The zero-order valence-electron chi connectivity index (χ0n) is 15.1. The van der Waals surface area contributed by atoms with Crippen LogP contribution < -0.4 is 5.32 Å². The van der Waals surface area contributed by atoms with Crippen LogP contribution in [-0.2, 0) is 10.0 Å². The molecular weight excluding hydrogens is 491 g/mol. The minimum Gasteiger partial charge on any atom is -0.357 e. The molecule has 148 valence electrons. The highest BCUT2D eigenvalue weighted by Gasteiger charge is 2.24. The first kappa shape index (κ1) is 23.6. The van der Waals surface area contributed by atoms with Gasteiger partial charge in [0.2, 0.25) is 10.0 Å². The normalized spacial score (nSPS) is 23.2. The summed E-state index contributed by atoms with van der Waals surface area (Å²) in [4.78, 5) is 6.87. The maximum Gasteiger partial charge on any atom is 0.215 e. The Morgan fingerprint density at radius 2 is 1.92 bits per heavy atom. The first-order valence-corrected chi connectivity index (χ1v) is 12.6. The van der Waals surface area contributed by atoms with Crippen LogP contribution in [0.3, 0.4) is 0 Å². The Kier molecular flexibility index (Phi) is 11.5. The van der Waals surface area contributed by atoms with Crippen LogP contribution in [0.25, 0.3) is 0 Å². The number of sulfonamides is 1. The first-order valence-electron chi connectivity index (χ1n) is 8.77. The second-order valence-electron chi connectivity index (χ2n) is 5.91. The second-order valence-corrected chi connectivity index (χ2v) is 10.6. The number of aliphatic imine (C=N–C) groups is 1. The van der Waals surface area contributed by atoms with Gasteiger partial charge in [-0.2, -0.15) is 23.5 Å². The summed E-state index contributed by atoms with van der Waals surface area (Å²) in [6, 6.07) is 0. The molecule has 0 radical (unpaired) electrons. The molecule has 6 nitrogen and oxygen atoms in total. The van der Waals surface area contributed by atoms with Gasteiger partial charge in [-0.05, 0) is 13.3 Å². The van der Waals surface area contributed by atoms with E-state index in [1.807, 2.05) is 30.4 Å². The van der Waals surface area contributed by atoms with E-state index in [0.717, 1.165) is 49.3 Å². The molecule has 0 aromatic heterocycles. The number of nitrogens with zero attached hydrogens (tertiary/aromatic N) is 3. The highest BCUT2D eigenvalue weighted by molar-refractivity contribution is 14.0. The number of hydrogen-bond donors (Lipinski definition) is 1. The Hall–Kier alpha value is 0.610. The molecular formula is C15H31IN4O2S3. The van der Waals surface area contributed by atoms with Crippen molar-refractivity contribution < 1.29 is 8.42 Å². The summed E-state index contributed by atoms with van der Waals surface area (Å²) in [7, 11) is -3.18. The molecule has 1 atom stereocenters. The van der Waals surface area contributed by atoms with E-state index in [1.165, 1.54) is 0 Å². The van der Waals surface area contributed by atoms with E-state index < -0.39 is 10.0 Å². The van der Waals surface area contributed by atoms with Gasteiger partial charge in [0, 0.05) is 55.2 Å². The van der Waals surface area contributed by atoms with E-state index >= 15 is 0 Å². The van der Waals surface area contributed by atoms with Gasteiger partial charge in [0.25, 0.3) is 0 Å². The largest absolute Gasteiger partial charge is 0.357 e. The summed E-state index contributed by atoms with van der Waals surface area (Å²) >= 11 is 3.84. The summed E-state index contributed by atoms with van der Waals surface area (Å²) in [5.41, 5.74) is 0. The summed E-state index contributed by atoms with van der Waals surface area (Å²) in [6.07, 6.45) is 1.15. The number of thioether (sulfide) groups is 2. The van der Waals surface area contributed by atoms with Gasteiger partial charge < -0.3 is 10.2 Å². The topological polar surface area (TPSA) is 65.0 Å². The van der Waals surface area contributed by atoms with Gasteiger partial charge in [0.15, 0.2) is 5.96 Å². The molecule has 2 rings (SSSR count). The van der Waals surface area contributed by atoms with Crippen molar-refractivity contribution in [3.8, 4) is 0 Å². The van der Waals surface area contributed by atoms with Crippen molar-refractivity contribution in [3.63, 3.8) is 0 Å². The van der Waals surface area contributed by atoms with E-state index in [-0.39, 0.29) is 29.7 Å². The summed E-state index contributed by atoms with van der Waals surface area (Å²) in [5.74, 6) is 3.86. The molecule has 0 aromatic rings. The van der Waals surface area contributed by atoms with E-state index in [9.17, 15) is 8.42 Å². The van der Waals surface area contributed by atoms with E-state index in [4.69, 9.17) is 0 Å². The Morgan fingerprint density at radius 3 is 2.56 bits per heavy atom. The molecule has 0 aliphatic carbocycles. The molecule has 2 fully saturated rings.